The van der Waals surface area contributed by atoms with E-state index in [4.69, 9.17) is 5.73 Å². The first-order valence-electron chi connectivity index (χ1n) is 9.53. The fourth-order valence-corrected chi connectivity index (χ4v) is 4.21. The maximum absolute atomic E-state index is 12.5. The number of piperidine rings is 1. The third-order valence-electron chi connectivity index (χ3n) is 5.79. The summed E-state index contributed by atoms with van der Waals surface area (Å²) in [6, 6.07) is 11.0. The molecule has 2 fully saturated rings. The molecule has 6 heteroatoms. The lowest BCUT2D eigenvalue weighted by molar-refractivity contribution is -0.127. The molecule has 0 bridgehead atoms. The predicted molar refractivity (Wildman–Crippen MR) is 112 cm³/mol. The van der Waals surface area contributed by atoms with Gasteiger partial charge < -0.3 is 16.0 Å². The van der Waals surface area contributed by atoms with Crippen LogP contribution in [0.3, 0.4) is 0 Å². The van der Waals surface area contributed by atoms with Gasteiger partial charge in [0.25, 0.3) is 0 Å². The summed E-state index contributed by atoms with van der Waals surface area (Å²) < 4.78 is 0. The number of benzene rings is 1. The summed E-state index contributed by atoms with van der Waals surface area (Å²) in [4.78, 5) is 15.0. The van der Waals surface area contributed by atoms with Gasteiger partial charge in [0.15, 0.2) is 0 Å². The Morgan fingerprint density at radius 3 is 2.42 bits per heavy atom. The monoisotopic (exact) mass is 401 g/mol. The molecule has 0 radical (unpaired) electrons. The third-order valence-corrected chi connectivity index (χ3v) is 5.79. The number of likely N-dealkylation sites (tertiary alicyclic amines) is 1. The van der Waals surface area contributed by atoms with Gasteiger partial charge in [-0.1, -0.05) is 36.8 Å². The molecule has 1 aliphatic heterocycles. The van der Waals surface area contributed by atoms with E-state index >= 15 is 0 Å². The molecule has 1 saturated carbocycles. The van der Waals surface area contributed by atoms with E-state index in [9.17, 15) is 4.79 Å². The molecule has 3 rings (SSSR count). The number of halogens is 2. The molecule has 0 spiro atoms. The number of amides is 1. The summed E-state index contributed by atoms with van der Waals surface area (Å²) in [5, 5.41) is 3.30. The van der Waals surface area contributed by atoms with Gasteiger partial charge in [-0.25, -0.2) is 0 Å². The molecule has 1 heterocycles. The number of carbonyl (C=O) groups excluding carboxylic acids is 1. The standard InChI is InChI=1S/C20H31N3O.2ClH/c21-15-17-7-4-8-19(17)20(24)22-18-10-13-23(14-11-18)12-9-16-5-2-1-3-6-16;;/h1-3,5-6,17-19H,4,7-15,21H2,(H,22,24);2*1H/t17-,19-;;/m1../s1. The van der Waals surface area contributed by atoms with Crippen LogP contribution in [0.2, 0.25) is 0 Å². The molecule has 1 saturated heterocycles. The van der Waals surface area contributed by atoms with Gasteiger partial charge in [-0.15, -0.1) is 24.8 Å². The number of hydrogen-bond acceptors (Lipinski definition) is 3. The van der Waals surface area contributed by atoms with Gasteiger partial charge in [0.2, 0.25) is 5.91 Å². The Balaban J connectivity index is 0.00000169. The van der Waals surface area contributed by atoms with Crippen LogP contribution < -0.4 is 11.1 Å². The Bertz CT molecular complexity index is 521. The number of nitrogens with zero attached hydrogens (tertiary/aromatic N) is 1. The van der Waals surface area contributed by atoms with Crippen LogP contribution in [-0.4, -0.2) is 43.0 Å². The molecule has 2 aliphatic rings. The fraction of sp³-hybridized carbons (Fsp3) is 0.650. The van der Waals surface area contributed by atoms with Crippen LogP contribution in [-0.2, 0) is 11.2 Å². The Labute approximate surface area is 170 Å². The molecule has 1 aliphatic carbocycles. The lowest BCUT2D eigenvalue weighted by Crippen LogP contribution is -2.47. The third kappa shape index (κ3) is 6.41. The van der Waals surface area contributed by atoms with Gasteiger partial charge in [-0.3, -0.25) is 4.79 Å². The summed E-state index contributed by atoms with van der Waals surface area (Å²) in [7, 11) is 0. The molecule has 4 nitrogen and oxygen atoms in total. The van der Waals surface area contributed by atoms with Crippen molar-refractivity contribution < 1.29 is 4.79 Å². The maximum Gasteiger partial charge on any atom is 0.223 e. The van der Waals surface area contributed by atoms with Gasteiger partial charge in [0.1, 0.15) is 0 Å². The van der Waals surface area contributed by atoms with E-state index in [0.29, 0.717) is 18.5 Å². The molecule has 0 unspecified atom stereocenters. The summed E-state index contributed by atoms with van der Waals surface area (Å²) >= 11 is 0. The first-order valence-corrected chi connectivity index (χ1v) is 9.53. The Morgan fingerprint density at radius 2 is 1.77 bits per heavy atom. The van der Waals surface area contributed by atoms with Crippen LogP contribution in [0, 0.1) is 11.8 Å². The van der Waals surface area contributed by atoms with Crippen molar-refractivity contribution in [2.75, 3.05) is 26.2 Å². The van der Waals surface area contributed by atoms with Crippen molar-refractivity contribution in [2.45, 2.75) is 44.6 Å². The highest BCUT2D eigenvalue weighted by molar-refractivity contribution is 5.85. The zero-order valence-electron chi connectivity index (χ0n) is 15.4. The SMILES string of the molecule is Cl.Cl.NC[C@H]1CCC[C@H]1C(=O)NC1CCN(CCc2ccccc2)CC1. The van der Waals surface area contributed by atoms with Gasteiger partial charge >= 0.3 is 0 Å². The molecule has 0 aromatic heterocycles. The highest BCUT2D eigenvalue weighted by Crippen LogP contribution is 2.31. The Hall–Kier alpha value is -0.810. The van der Waals surface area contributed by atoms with Crippen molar-refractivity contribution in [1.82, 2.24) is 10.2 Å². The molecule has 3 N–H and O–H groups in total. The Kier molecular flexibility index (Phi) is 10.6. The summed E-state index contributed by atoms with van der Waals surface area (Å²) in [5.41, 5.74) is 7.21. The van der Waals surface area contributed by atoms with Crippen molar-refractivity contribution in [3.63, 3.8) is 0 Å². The smallest absolute Gasteiger partial charge is 0.223 e. The van der Waals surface area contributed by atoms with Gasteiger partial charge in [-0.05, 0) is 50.1 Å². The molecule has 1 amide bonds. The average molecular weight is 402 g/mol. The van der Waals surface area contributed by atoms with Gasteiger partial charge in [0, 0.05) is 31.6 Å². The van der Waals surface area contributed by atoms with Crippen LogP contribution in [0.15, 0.2) is 30.3 Å². The van der Waals surface area contributed by atoms with Gasteiger partial charge in [-0.2, -0.15) is 0 Å². The van der Waals surface area contributed by atoms with E-state index in [1.165, 1.54) is 5.56 Å². The van der Waals surface area contributed by atoms with E-state index in [0.717, 1.165) is 58.2 Å². The maximum atomic E-state index is 12.5. The normalized spacial score (nSPS) is 23.7. The Morgan fingerprint density at radius 1 is 1.08 bits per heavy atom. The van der Waals surface area contributed by atoms with E-state index < -0.39 is 0 Å². The second-order valence-corrected chi connectivity index (χ2v) is 7.39. The zero-order valence-corrected chi connectivity index (χ0v) is 17.1. The minimum Gasteiger partial charge on any atom is -0.353 e. The minimum absolute atomic E-state index is 0. The number of carbonyl (C=O) groups is 1. The molecule has 148 valence electrons. The van der Waals surface area contributed by atoms with Gasteiger partial charge in [0.05, 0.1) is 0 Å². The predicted octanol–water partition coefficient (Wildman–Crippen LogP) is 3.03. The molecule has 2 atom stereocenters. The quantitative estimate of drug-likeness (QED) is 0.769. The largest absolute Gasteiger partial charge is 0.353 e. The number of nitrogens with one attached hydrogen (secondary N) is 1. The highest BCUT2D eigenvalue weighted by Gasteiger charge is 2.33. The lowest BCUT2D eigenvalue weighted by atomic mass is 9.94. The van der Waals surface area contributed by atoms with Crippen LogP contribution in [0.5, 0.6) is 0 Å². The van der Waals surface area contributed by atoms with Crippen molar-refractivity contribution in [2.24, 2.45) is 17.6 Å². The van der Waals surface area contributed by atoms with Crippen molar-refractivity contribution in [3.05, 3.63) is 35.9 Å². The lowest BCUT2D eigenvalue weighted by Gasteiger charge is -2.33. The van der Waals surface area contributed by atoms with Crippen LogP contribution in [0.25, 0.3) is 0 Å². The second-order valence-electron chi connectivity index (χ2n) is 7.39. The van der Waals surface area contributed by atoms with Crippen molar-refractivity contribution in [3.8, 4) is 0 Å². The number of rotatable bonds is 6. The van der Waals surface area contributed by atoms with Crippen LogP contribution >= 0.6 is 24.8 Å². The topological polar surface area (TPSA) is 58.4 Å². The van der Waals surface area contributed by atoms with Crippen LogP contribution in [0.4, 0.5) is 0 Å². The van der Waals surface area contributed by atoms with E-state index in [1.807, 2.05) is 0 Å². The summed E-state index contributed by atoms with van der Waals surface area (Å²) in [6.07, 6.45) is 6.53. The molecular weight excluding hydrogens is 369 g/mol. The minimum atomic E-state index is 0. The molecule has 26 heavy (non-hydrogen) atoms. The van der Waals surface area contributed by atoms with Crippen molar-refractivity contribution in [1.29, 1.82) is 0 Å². The summed E-state index contributed by atoms with van der Waals surface area (Å²) in [6.45, 7) is 3.93. The zero-order chi connectivity index (χ0) is 16.8. The fourth-order valence-electron chi connectivity index (χ4n) is 4.21. The summed E-state index contributed by atoms with van der Waals surface area (Å²) in [5.74, 6) is 0.813. The first-order chi connectivity index (χ1) is 11.8. The molecule has 1 aromatic rings. The number of nitrogens with two attached hydrogens (primary N) is 1. The highest BCUT2D eigenvalue weighted by atomic mass is 35.5. The van der Waals surface area contributed by atoms with E-state index in [-0.39, 0.29) is 36.6 Å². The molecular formula is C20H33Cl2N3O. The van der Waals surface area contributed by atoms with E-state index in [2.05, 4.69) is 40.5 Å². The molecule has 1 aromatic carbocycles. The average Bonchev–Trinajstić information content (AvgIpc) is 3.11. The second kappa shape index (κ2) is 11.8. The van der Waals surface area contributed by atoms with E-state index in [1.54, 1.807) is 0 Å². The van der Waals surface area contributed by atoms with Crippen LogP contribution in [0.1, 0.15) is 37.7 Å². The first kappa shape index (κ1) is 23.2. The number of hydrogen-bond donors (Lipinski definition) is 2. The van der Waals surface area contributed by atoms with Crippen molar-refractivity contribution >= 4 is 30.7 Å².